The summed E-state index contributed by atoms with van der Waals surface area (Å²) in [6, 6.07) is 0. The molecule has 0 saturated carbocycles. The van der Waals surface area contributed by atoms with Crippen molar-refractivity contribution in [2.24, 2.45) is 11.7 Å². The van der Waals surface area contributed by atoms with Crippen molar-refractivity contribution in [1.82, 2.24) is 0 Å². The van der Waals surface area contributed by atoms with Crippen LogP contribution in [0.5, 0.6) is 0 Å². The summed E-state index contributed by atoms with van der Waals surface area (Å²) in [6.07, 6.45) is 0. The summed E-state index contributed by atoms with van der Waals surface area (Å²) in [5.74, 6) is 0.0594. The highest BCUT2D eigenvalue weighted by atomic mass is 16.5. The zero-order valence-electron chi connectivity index (χ0n) is 5.89. The molecule has 0 fully saturated rings. The summed E-state index contributed by atoms with van der Waals surface area (Å²) in [5, 5.41) is 0. The van der Waals surface area contributed by atoms with Crippen LogP contribution in [0.4, 0.5) is 0 Å². The average Bonchev–Trinajstić information content (AvgIpc) is 1.83. The van der Waals surface area contributed by atoms with E-state index in [0.717, 1.165) is 0 Å². The lowest BCUT2D eigenvalue weighted by atomic mass is 10.2. The first-order valence-corrected chi connectivity index (χ1v) is 3.02. The molecule has 0 saturated heterocycles. The highest BCUT2D eigenvalue weighted by Gasteiger charge is 1.99. The number of ether oxygens (including phenoxy) is 1. The Labute approximate surface area is 55.2 Å². The zero-order chi connectivity index (χ0) is 7.28. The maximum Gasteiger partial charge on any atom is 0.319 e. The molecule has 9 heavy (non-hydrogen) atoms. The van der Waals surface area contributed by atoms with Gasteiger partial charge in [0.2, 0.25) is 0 Å². The Morgan fingerprint density at radius 2 is 2.22 bits per heavy atom. The van der Waals surface area contributed by atoms with Gasteiger partial charge in [0.15, 0.2) is 0 Å². The number of rotatable bonds is 3. The number of esters is 1. The lowest BCUT2D eigenvalue weighted by Gasteiger charge is -2.04. The van der Waals surface area contributed by atoms with Crippen LogP contribution in [0.15, 0.2) is 0 Å². The molecule has 0 aliphatic heterocycles. The zero-order valence-corrected chi connectivity index (χ0v) is 5.89. The Balaban J connectivity index is 3.17. The number of hydrogen-bond donors (Lipinski definition) is 1. The number of carbonyl (C=O) groups excluding carboxylic acids is 1. The van der Waals surface area contributed by atoms with E-state index >= 15 is 0 Å². The van der Waals surface area contributed by atoms with Crippen LogP contribution in [0.1, 0.15) is 13.8 Å². The van der Waals surface area contributed by atoms with Gasteiger partial charge in [0.25, 0.3) is 0 Å². The summed E-state index contributed by atoms with van der Waals surface area (Å²) < 4.78 is 4.69. The molecule has 3 heteroatoms. The van der Waals surface area contributed by atoms with E-state index in [9.17, 15) is 4.79 Å². The van der Waals surface area contributed by atoms with Crippen molar-refractivity contribution in [3.63, 3.8) is 0 Å². The van der Waals surface area contributed by atoms with Crippen molar-refractivity contribution in [3.8, 4) is 0 Å². The Morgan fingerprint density at radius 1 is 1.67 bits per heavy atom. The standard InChI is InChI=1S/C6H13NO2/c1-5(2)4-9-6(8)3-7/h5H,3-4,7H2,1-2H3. The lowest BCUT2D eigenvalue weighted by molar-refractivity contribution is -0.142. The summed E-state index contributed by atoms with van der Waals surface area (Å²) in [5.41, 5.74) is 4.98. The third kappa shape index (κ3) is 5.30. The van der Waals surface area contributed by atoms with Crippen molar-refractivity contribution in [2.75, 3.05) is 13.2 Å². The molecule has 0 bridgehead atoms. The Hall–Kier alpha value is -0.570. The minimum atomic E-state index is -0.330. The summed E-state index contributed by atoms with van der Waals surface area (Å²) in [6.45, 7) is 4.40. The van der Waals surface area contributed by atoms with Crippen LogP contribution in [-0.2, 0) is 9.53 Å². The second-order valence-electron chi connectivity index (χ2n) is 2.28. The molecule has 0 amide bonds. The SMILES string of the molecule is CC(C)COC(=O)CN. The Bertz CT molecular complexity index is 91.1. The number of hydrogen-bond acceptors (Lipinski definition) is 3. The van der Waals surface area contributed by atoms with Gasteiger partial charge in [-0.3, -0.25) is 4.79 Å². The molecule has 0 heterocycles. The van der Waals surface area contributed by atoms with E-state index in [4.69, 9.17) is 5.73 Å². The van der Waals surface area contributed by atoms with E-state index in [1.54, 1.807) is 0 Å². The van der Waals surface area contributed by atoms with Gasteiger partial charge in [0.05, 0.1) is 13.2 Å². The third-order valence-corrected chi connectivity index (χ3v) is 0.744. The molecule has 0 aromatic rings. The Morgan fingerprint density at radius 3 is 2.56 bits per heavy atom. The molecule has 2 N–H and O–H groups in total. The fraction of sp³-hybridized carbons (Fsp3) is 0.833. The molecule has 0 aromatic carbocycles. The number of carbonyl (C=O) groups is 1. The van der Waals surface area contributed by atoms with Gasteiger partial charge in [-0.15, -0.1) is 0 Å². The van der Waals surface area contributed by atoms with Crippen LogP contribution < -0.4 is 5.73 Å². The first-order valence-electron chi connectivity index (χ1n) is 3.02. The van der Waals surface area contributed by atoms with Crippen LogP contribution >= 0.6 is 0 Å². The maximum absolute atomic E-state index is 10.4. The molecule has 54 valence electrons. The fourth-order valence-electron chi connectivity index (χ4n) is 0.319. The highest BCUT2D eigenvalue weighted by Crippen LogP contribution is 1.91. The molecule has 0 aliphatic rings. The molecule has 0 spiro atoms. The van der Waals surface area contributed by atoms with Crippen LogP contribution in [-0.4, -0.2) is 19.1 Å². The van der Waals surface area contributed by atoms with Crippen LogP contribution in [0, 0.1) is 5.92 Å². The second kappa shape index (κ2) is 4.32. The first kappa shape index (κ1) is 8.43. The molecule has 0 aliphatic carbocycles. The topological polar surface area (TPSA) is 52.3 Å². The third-order valence-electron chi connectivity index (χ3n) is 0.744. The van der Waals surface area contributed by atoms with Gasteiger partial charge in [-0.2, -0.15) is 0 Å². The lowest BCUT2D eigenvalue weighted by Crippen LogP contribution is -2.18. The van der Waals surface area contributed by atoms with Gasteiger partial charge in [0.1, 0.15) is 0 Å². The van der Waals surface area contributed by atoms with Crippen molar-refractivity contribution in [3.05, 3.63) is 0 Å². The van der Waals surface area contributed by atoms with E-state index in [2.05, 4.69) is 4.74 Å². The monoisotopic (exact) mass is 131 g/mol. The predicted molar refractivity (Wildman–Crippen MR) is 34.9 cm³/mol. The van der Waals surface area contributed by atoms with E-state index < -0.39 is 0 Å². The van der Waals surface area contributed by atoms with Crippen LogP contribution in [0.2, 0.25) is 0 Å². The van der Waals surface area contributed by atoms with Gasteiger partial charge >= 0.3 is 5.97 Å². The van der Waals surface area contributed by atoms with Crippen LogP contribution in [0.3, 0.4) is 0 Å². The first-order chi connectivity index (χ1) is 4.16. The molecule has 0 radical (unpaired) electrons. The average molecular weight is 131 g/mol. The minimum absolute atomic E-state index is 0.0211. The van der Waals surface area contributed by atoms with Crippen molar-refractivity contribution in [2.45, 2.75) is 13.8 Å². The van der Waals surface area contributed by atoms with E-state index in [0.29, 0.717) is 12.5 Å². The Kier molecular flexibility index (Phi) is 4.05. The van der Waals surface area contributed by atoms with Gasteiger partial charge in [-0.05, 0) is 5.92 Å². The number of nitrogens with two attached hydrogens (primary N) is 1. The van der Waals surface area contributed by atoms with E-state index in [1.807, 2.05) is 13.8 Å². The molecule has 0 atom stereocenters. The minimum Gasteiger partial charge on any atom is -0.464 e. The highest BCUT2D eigenvalue weighted by molar-refractivity contribution is 5.71. The summed E-state index contributed by atoms with van der Waals surface area (Å²) in [7, 11) is 0. The van der Waals surface area contributed by atoms with Crippen molar-refractivity contribution < 1.29 is 9.53 Å². The normalized spacial score (nSPS) is 9.78. The molecule has 0 aromatic heterocycles. The maximum atomic E-state index is 10.4. The quantitative estimate of drug-likeness (QED) is 0.554. The molecular formula is C6H13NO2. The van der Waals surface area contributed by atoms with Crippen molar-refractivity contribution >= 4 is 5.97 Å². The van der Waals surface area contributed by atoms with E-state index in [1.165, 1.54) is 0 Å². The molecule has 3 nitrogen and oxygen atoms in total. The van der Waals surface area contributed by atoms with Crippen molar-refractivity contribution in [1.29, 1.82) is 0 Å². The molecule has 0 unspecified atom stereocenters. The van der Waals surface area contributed by atoms with Crippen LogP contribution in [0.25, 0.3) is 0 Å². The molecular weight excluding hydrogens is 118 g/mol. The fourth-order valence-corrected chi connectivity index (χ4v) is 0.319. The second-order valence-corrected chi connectivity index (χ2v) is 2.28. The summed E-state index contributed by atoms with van der Waals surface area (Å²) in [4.78, 5) is 10.4. The van der Waals surface area contributed by atoms with Gasteiger partial charge in [-0.25, -0.2) is 0 Å². The smallest absolute Gasteiger partial charge is 0.319 e. The van der Waals surface area contributed by atoms with Gasteiger partial charge in [0, 0.05) is 0 Å². The van der Waals surface area contributed by atoms with Gasteiger partial charge in [-0.1, -0.05) is 13.8 Å². The molecule has 0 rings (SSSR count). The van der Waals surface area contributed by atoms with Gasteiger partial charge < -0.3 is 10.5 Å². The summed E-state index contributed by atoms with van der Waals surface area (Å²) >= 11 is 0. The predicted octanol–water partition coefficient (Wildman–Crippen LogP) is 0.144. The van der Waals surface area contributed by atoms with E-state index in [-0.39, 0.29) is 12.5 Å². The largest absolute Gasteiger partial charge is 0.464 e.